The van der Waals surface area contributed by atoms with Crippen LogP contribution in [0, 0.1) is 0 Å². The Morgan fingerprint density at radius 3 is 1.32 bits per heavy atom. The SMILES string of the molecule is CCCCCCCC(O)CCCCCCCCCCC(C)O. The minimum atomic E-state index is -0.127. The summed E-state index contributed by atoms with van der Waals surface area (Å²) in [4.78, 5) is 0. The molecule has 0 aliphatic heterocycles. The van der Waals surface area contributed by atoms with Crippen LogP contribution in [0.3, 0.4) is 0 Å². The molecule has 2 atom stereocenters. The van der Waals surface area contributed by atoms with Gasteiger partial charge in [-0.25, -0.2) is 0 Å². The number of rotatable bonds is 17. The summed E-state index contributed by atoms with van der Waals surface area (Å²) in [6.07, 6.45) is 19.5. The third kappa shape index (κ3) is 18.0. The molecule has 0 bridgehead atoms. The van der Waals surface area contributed by atoms with Crippen LogP contribution in [0.2, 0.25) is 0 Å². The van der Waals surface area contributed by atoms with E-state index in [1.807, 2.05) is 6.92 Å². The van der Waals surface area contributed by atoms with Crippen LogP contribution in [0.25, 0.3) is 0 Å². The summed E-state index contributed by atoms with van der Waals surface area (Å²) >= 11 is 0. The minimum absolute atomic E-state index is 0.0536. The van der Waals surface area contributed by atoms with Gasteiger partial charge in [0.2, 0.25) is 0 Å². The maximum Gasteiger partial charge on any atom is 0.0540 e. The number of hydrogen-bond donors (Lipinski definition) is 2. The van der Waals surface area contributed by atoms with E-state index < -0.39 is 0 Å². The predicted molar refractivity (Wildman–Crippen MR) is 97.2 cm³/mol. The molecule has 0 rings (SSSR count). The van der Waals surface area contributed by atoms with Crippen molar-refractivity contribution in [1.82, 2.24) is 0 Å². The molecule has 2 heteroatoms. The largest absolute Gasteiger partial charge is 0.393 e. The molecule has 0 radical (unpaired) electrons. The zero-order chi connectivity index (χ0) is 16.5. The first-order valence-corrected chi connectivity index (χ1v) is 10.0. The number of hydrogen-bond acceptors (Lipinski definition) is 2. The van der Waals surface area contributed by atoms with Crippen LogP contribution in [0.1, 0.15) is 117 Å². The summed E-state index contributed by atoms with van der Waals surface area (Å²) in [5, 5.41) is 19.1. The van der Waals surface area contributed by atoms with Gasteiger partial charge in [0.25, 0.3) is 0 Å². The Hall–Kier alpha value is -0.0800. The van der Waals surface area contributed by atoms with Crippen molar-refractivity contribution in [3.8, 4) is 0 Å². The summed E-state index contributed by atoms with van der Waals surface area (Å²) in [5.74, 6) is 0. The predicted octanol–water partition coefficient (Wildman–Crippen LogP) is 5.99. The molecule has 2 N–H and O–H groups in total. The molecule has 22 heavy (non-hydrogen) atoms. The molecule has 0 aromatic heterocycles. The minimum Gasteiger partial charge on any atom is -0.393 e. The van der Waals surface area contributed by atoms with Crippen molar-refractivity contribution in [2.75, 3.05) is 0 Å². The van der Waals surface area contributed by atoms with Gasteiger partial charge in [-0.3, -0.25) is 0 Å². The molecule has 0 amide bonds. The lowest BCUT2D eigenvalue weighted by molar-refractivity contribution is 0.147. The first-order chi connectivity index (χ1) is 10.7. The first-order valence-electron chi connectivity index (χ1n) is 10.0. The molecule has 0 fully saturated rings. The summed E-state index contributed by atoms with van der Waals surface area (Å²) in [6, 6.07) is 0. The van der Waals surface area contributed by atoms with Gasteiger partial charge in [0.1, 0.15) is 0 Å². The summed E-state index contributed by atoms with van der Waals surface area (Å²) < 4.78 is 0. The number of unbranched alkanes of at least 4 members (excludes halogenated alkanes) is 11. The smallest absolute Gasteiger partial charge is 0.0540 e. The third-order valence-corrected chi connectivity index (χ3v) is 4.55. The molecular formula is C20H42O2. The van der Waals surface area contributed by atoms with Crippen LogP contribution < -0.4 is 0 Å². The van der Waals surface area contributed by atoms with Gasteiger partial charge in [-0.05, 0) is 26.2 Å². The van der Waals surface area contributed by atoms with Gasteiger partial charge >= 0.3 is 0 Å². The van der Waals surface area contributed by atoms with Gasteiger partial charge < -0.3 is 10.2 Å². The fraction of sp³-hybridized carbons (Fsp3) is 1.00. The van der Waals surface area contributed by atoms with Crippen LogP contribution in [0.15, 0.2) is 0 Å². The molecule has 0 aliphatic carbocycles. The Morgan fingerprint density at radius 1 is 0.545 bits per heavy atom. The first kappa shape index (κ1) is 21.9. The average Bonchev–Trinajstić information content (AvgIpc) is 2.48. The van der Waals surface area contributed by atoms with Crippen LogP contribution in [0.4, 0.5) is 0 Å². The van der Waals surface area contributed by atoms with Crippen LogP contribution in [-0.4, -0.2) is 22.4 Å². The second-order valence-electron chi connectivity index (χ2n) is 7.11. The van der Waals surface area contributed by atoms with Crippen molar-refractivity contribution in [2.24, 2.45) is 0 Å². The van der Waals surface area contributed by atoms with Gasteiger partial charge in [-0.15, -0.1) is 0 Å². The lowest BCUT2D eigenvalue weighted by atomic mass is 10.0. The second-order valence-corrected chi connectivity index (χ2v) is 7.11. The molecule has 0 heterocycles. The number of aliphatic hydroxyl groups is 2. The highest BCUT2D eigenvalue weighted by Gasteiger charge is 2.03. The Kier molecular flexibility index (Phi) is 17.2. The fourth-order valence-corrected chi connectivity index (χ4v) is 3.01. The second kappa shape index (κ2) is 17.3. The van der Waals surface area contributed by atoms with E-state index in [9.17, 15) is 5.11 Å². The van der Waals surface area contributed by atoms with E-state index in [4.69, 9.17) is 5.11 Å². The van der Waals surface area contributed by atoms with Crippen molar-refractivity contribution < 1.29 is 10.2 Å². The lowest BCUT2D eigenvalue weighted by Gasteiger charge is -2.10. The Balaban J connectivity index is 3.12. The normalized spacial score (nSPS) is 14.2. The molecule has 0 spiro atoms. The van der Waals surface area contributed by atoms with E-state index in [-0.39, 0.29) is 12.2 Å². The molecule has 0 saturated heterocycles. The molecule has 2 nitrogen and oxygen atoms in total. The van der Waals surface area contributed by atoms with E-state index in [2.05, 4.69) is 6.92 Å². The fourth-order valence-electron chi connectivity index (χ4n) is 3.01. The Labute approximate surface area is 139 Å². The molecular weight excluding hydrogens is 272 g/mol. The van der Waals surface area contributed by atoms with Crippen molar-refractivity contribution in [3.05, 3.63) is 0 Å². The van der Waals surface area contributed by atoms with Crippen molar-refractivity contribution in [2.45, 2.75) is 129 Å². The van der Waals surface area contributed by atoms with Crippen molar-refractivity contribution >= 4 is 0 Å². The topological polar surface area (TPSA) is 40.5 Å². The molecule has 0 aromatic carbocycles. The Bertz CT molecular complexity index is 204. The zero-order valence-corrected chi connectivity index (χ0v) is 15.4. The van der Waals surface area contributed by atoms with Crippen LogP contribution in [0.5, 0.6) is 0 Å². The quantitative estimate of drug-likeness (QED) is 0.324. The maximum absolute atomic E-state index is 9.93. The average molecular weight is 315 g/mol. The van der Waals surface area contributed by atoms with Gasteiger partial charge in [0, 0.05) is 0 Å². The third-order valence-electron chi connectivity index (χ3n) is 4.55. The highest BCUT2D eigenvalue weighted by molar-refractivity contribution is 4.57. The van der Waals surface area contributed by atoms with E-state index in [0.717, 1.165) is 19.3 Å². The molecule has 0 aromatic rings. The van der Waals surface area contributed by atoms with Crippen molar-refractivity contribution in [3.63, 3.8) is 0 Å². The van der Waals surface area contributed by atoms with Gasteiger partial charge in [0.05, 0.1) is 12.2 Å². The monoisotopic (exact) mass is 314 g/mol. The summed E-state index contributed by atoms with van der Waals surface area (Å²) in [5.41, 5.74) is 0. The lowest BCUT2D eigenvalue weighted by Crippen LogP contribution is -2.05. The molecule has 134 valence electrons. The summed E-state index contributed by atoms with van der Waals surface area (Å²) in [7, 11) is 0. The van der Waals surface area contributed by atoms with Crippen molar-refractivity contribution in [1.29, 1.82) is 0 Å². The van der Waals surface area contributed by atoms with E-state index in [1.54, 1.807) is 0 Å². The molecule has 0 aliphatic rings. The van der Waals surface area contributed by atoms with Crippen LogP contribution >= 0.6 is 0 Å². The number of aliphatic hydroxyl groups excluding tert-OH is 2. The standard InChI is InChI=1S/C20H42O2/c1-3-4-5-10-14-17-20(22)18-15-12-9-7-6-8-11-13-16-19(2)21/h19-22H,3-18H2,1-2H3. The van der Waals surface area contributed by atoms with Gasteiger partial charge in [0.15, 0.2) is 0 Å². The molecule has 0 saturated carbocycles. The van der Waals surface area contributed by atoms with E-state index in [0.29, 0.717) is 0 Å². The highest BCUT2D eigenvalue weighted by atomic mass is 16.3. The highest BCUT2D eigenvalue weighted by Crippen LogP contribution is 2.14. The Morgan fingerprint density at radius 2 is 0.909 bits per heavy atom. The van der Waals surface area contributed by atoms with E-state index in [1.165, 1.54) is 83.5 Å². The van der Waals surface area contributed by atoms with Gasteiger partial charge in [-0.1, -0.05) is 90.4 Å². The summed E-state index contributed by atoms with van der Waals surface area (Å²) in [6.45, 7) is 4.12. The maximum atomic E-state index is 9.93. The zero-order valence-electron chi connectivity index (χ0n) is 15.4. The van der Waals surface area contributed by atoms with E-state index >= 15 is 0 Å². The molecule has 2 unspecified atom stereocenters. The van der Waals surface area contributed by atoms with Gasteiger partial charge in [-0.2, -0.15) is 0 Å². The van der Waals surface area contributed by atoms with Crippen LogP contribution in [-0.2, 0) is 0 Å².